The third-order valence-corrected chi connectivity index (χ3v) is 7.18. The number of hydrogen-bond donors (Lipinski definition) is 1. The second kappa shape index (κ2) is 15.6. The van der Waals surface area contributed by atoms with Crippen LogP contribution in [0.15, 0.2) is 115 Å². The van der Waals surface area contributed by atoms with E-state index in [1.165, 1.54) is 0 Å². The Labute approximate surface area is 247 Å². The number of methoxy groups -OCH3 is 1. The van der Waals surface area contributed by atoms with Gasteiger partial charge in [0.2, 0.25) is 0 Å². The van der Waals surface area contributed by atoms with Gasteiger partial charge < -0.3 is 33.5 Å². The van der Waals surface area contributed by atoms with Gasteiger partial charge in [-0.05, 0) is 34.4 Å². The highest BCUT2D eigenvalue weighted by Crippen LogP contribution is 2.30. The standard InChI is InChI=1S/C35H38O7/c1-37-30-19-17-29(18-20-30)24-39-32-31(25-38-21-26-11-5-2-6-12-26)42-35(36)34(41-23-28-15-9-4-10-16-28)33(32)40-22-27-13-7-3-8-14-27/h2-20,31-36H,21-25H2,1H3/t31-,32-,33+,34-,35+/m1/s1. The van der Waals surface area contributed by atoms with Crippen LogP contribution in [0.2, 0.25) is 0 Å². The first-order valence-electron chi connectivity index (χ1n) is 14.2. The Kier molecular flexibility index (Phi) is 11.1. The molecule has 4 aromatic carbocycles. The minimum atomic E-state index is -1.24. The van der Waals surface area contributed by atoms with Crippen molar-refractivity contribution in [2.24, 2.45) is 0 Å². The quantitative estimate of drug-likeness (QED) is 0.209. The predicted octanol–water partition coefficient (Wildman–Crippen LogP) is 5.69. The maximum Gasteiger partial charge on any atom is 0.184 e. The van der Waals surface area contributed by atoms with Gasteiger partial charge in [0, 0.05) is 0 Å². The zero-order valence-electron chi connectivity index (χ0n) is 23.8. The molecular weight excluding hydrogens is 532 g/mol. The van der Waals surface area contributed by atoms with Crippen molar-refractivity contribution in [3.63, 3.8) is 0 Å². The lowest BCUT2D eigenvalue weighted by Crippen LogP contribution is -2.61. The zero-order chi connectivity index (χ0) is 29.0. The van der Waals surface area contributed by atoms with Gasteiger partial charge in [-0.2, -0.15) is 0 Å². The van der Waals surface area contributed by atoms with E-state index in [-0.39, 0.29) is 13.2 Å². The first kappa shape index (κ1) is 29.9. The first-order chi connectivity index (χ1) is 20.7. The van der Waals surface area contributed by atoms with E-state index in [1.54, 1.807) is 7.11 Å². The van der Waals surface area contributed by atoms with E-state index in [4.69, 9.17) is 28.4 Å². The molecule has 1 aliphatic rings. The lowest BCUT2D eigenvalue weighted by molar-refractivity contribution is -0.317. The molecule has 220 valence electrons. The molecule has 7 nitrogen and oxygen atoms in total. The summed E-state index contributed by atoms with van der Waals surface area (Å²) in [5.41, 5.74) is 4.00. The van der Waals surface area contributed by atoms with Gasteiger partial charge in [-0.25, -0.2) is 0 Å². The van der Waals surface area contributed by atoms with Crippen molar-refractivity contribution in [3.05, 3.63) is 138 Å². The molecule has 0 aliphatic carbocycles. The molecule has 0 aromatic heterocycles. The molecule has 0 amide bonds. The van der Waals surface area contributed by atoms with Crippen LogP contribution in [0.3, 0.4) is 0 Å². The summed E-state index contributed by atoms with van der Waals surface area (Å²) >= 11 is 0. The molecular formula is C35H38O7. The van der Waals surface area contributed by atoms with Crippen molar-refractivity contribution >= 4 is 0 Å². The summed E-state index contributed by atoms with van der Waals surface area (Å²) in [7, 11) is 1.64. The number of ether oxygens (including phenoxy) is 6. The lowest BCUT2D eigenvalue weighted by Gasteiger charge is -2.44. The Morgan fingerprint density at radius 3 is 1.52 bits per heavy atom. The van der Waals surface area contributed by atoms with Gasteiger partial charge in [-0.3, -0.25) is 0 Å². The Hall–Kier alpha value is -3.56. The fraction of sp³-hybridized carbons (Fsp3) is 0.314. The van der Waals surface area contributed by atoms with Gasteiger partial charge in [0.1, 0.15) is 30.2 Å². The fourth-order valence-corrected chi connectivity index (χ4v) is 4.91. The van der Waals surface area contributed by atoms with E-state index in [9.17, 15) is 5.11 Å². The third-order valence-electron chi connectivity index (χ3n) is 7.18. The predicted molar refractivity (Wildman–Crippen MR) is 159 cm³/mol. The molecule has 4 aromatic rings. The van der Waals surface area contributed by atoms with E-state index in [2.05, 4.69) is 0 Å². The van der Waals surface area contributed by atoms with Crippen LogP contribution in [-0.4, -0.2) is 49.5 Å². The number of benzene rings is 4. The summed E-state index contributed by atoms with van der Waals surface area (Å²) < 4.78 is 36.8. The molecule has 0 spiro atoms. The van der Waals surface area contributed by atoms with Crippen LogP contribution in [0.25, 0.3) is 0 Å². The van der Waals surface area contributed by atoms with E-state index < -0.39 is 30.7 Å². The molecule has 1 aliphatic heterocycles. The first-order valence-corrected chi connectivity index (χ1v) is 14.2. The molecule has 42 heavy (non-hydrogen) atoms. The minimum absolute atomic E-state index is 0.204. The molecule has 5 rings (SSSR count). The minimum Gasteiger partial charge on any atom is -0.497 e. The van der Waals surface area contributed by atoms with Crippen molar-refractivity contribution in [1.82, 2.24) is 0 Å². The summed E-state index contributed by atoms with van der Waals surface area (Å²) in [6.45, 7) is 1.53. The van der Waals surface area contributed by atoms with Gasteiger partial charge in [0.15, 0.2) is 6.29 Å². The molecule has 0 bridgehead atoms. The molecule has 0 radical (unpaired) electrons. The van der Waals surface area contributed by atoms with Gasteiger partial charge in [-0.15, -0.1) is 0 Å². The molecule has 1 fully saturated rings. The number of rotatable bonds is 14. The van der Waals surface area contributed by atoms with Crippen molar-refractivity contribution in [2.45, 2.75) is 57.1 Å². The molecule has 7 heteroatoms. The van der Waals surface area contributed by atoms with Gasteiger partial charge in [0.25, 0.3) is 0 Å². The van der Waals surface area contributed by atoms with Crippen molar-refractivity contribution in [2.75, 3.05) is 13.7 Å². The maximum atomic E-state index is 11.2. The van der Waals surface area contributed by atoms with Gasteiger partial charge in [-0.1, -0.05) is 103 Å². The van der Waals surface area contributed by atoms with Crippen LogP contribution in [-0.2, 0) is 50.1 Å². The highest BCUT2D eigenvalue weighted by Gasteiger charge is 2.48. The van der Waals surface area contributed by atoms with E-state index in [0.29, 0.717) is 19.8 Å². The number of aliphatic hydroxyl groups excluding tert-OH is 1. The molecule has 1 N–H and O–H groups in total. The average molecular weight is 571 g/mol. The van der Waals surface area contributed by atoms with Crippen molar-refractivity contribution in [3.8, 4) is 5.75 Å². The van der Waals surface area contributed by atoms with Gasteiger partial charge >= 0.3 is 0 Å². The van der Waals surface area contributed by atoms with E-state index >= 15 is 0 Å². The summed E-state index contributed by atoms with van der Waals surface area (Å²) in [6.07, 6.45) is -3.85. The number of aliphatic hydroxyl groups is 1. The largest absolute Gasteiger partial charge is 0.497 e. The van der Waals surface area contributed by atoms with Crippen LogP contribution in [0.5, 0.6) is 5.75 Å². The van der Waals surface area contributed by atoms with Gasteiger partial charge in [0.05, 0.1) is 40.1 Å². The second-order valence-corrected chi connectivity index (χ2v) is 10.2. The lowest BCUT2D eigenvalue weighted by atomic mass is 9.98. The van der Waals surface area contributed by atoms with E-state index in [0.717, 1.165) is 28.0 Å². The highest BCUT2D eigenvalue weighted by molar-refractivity contribution is 5.26. The molecule has 1 saturated heterocycles. The second-order valence-electron chi connectivity index (χ2n) is 10.2. The van der Waals surface area contributed by atoms with Crippen LogP contribution in [0.1, 0.15) is 22.3 Å². The summed E-state index contributed by atoms with van der Waals surface area (Å²) in [6, 6.07) is 37.4. The maximum absolute atomic E-state index is 11.2. The smallest absolute Gasteiger partial charge is 0.184 e. The third kappa shape index (κ3) is 8.49. The normalized spacial score (nSPS) is 22.1. The Balaban J connectivity index is 1.36. The highest BCUT2D eigenvalue weighted by atomic mass is 16.7. The van der Waals surface area contributed by atoms with Crippen LogP contribution in [0, 0.1) is 0 Å². The fourth-order valence-electron chi connectivity index (χ4n) is 4.91. The van der Waals surface area contributed by atoms with Crippen LogP contribution in [0.4, 0.5) is 0 Å². The molecule has 5 atom stereocenters. The Bertz CT molecular complexity index is 1300. The molecule has 0 saturated carbocycles. The summed E-state index contributed by atoms with van der Waals surface area (Å²) in [5.74, 6) is 0.772. The Morgan fingerprint density at radius 2 is 1.00 bits per heavy atom. The zero-order valence-corrected chi connectivity index (χ0v) is 23.8. The topological polar surface area (TPSA) is 75.6 Å². The molecule has 0 unspecified atom stereocenters. The van der Waals surface area contributed by atoms with Crippen LogP contribution < -0.4 is 4.74 Å². The SMILES string of the molecule is COc1ccc(CO[C@H]2[C@H](OCc3ccccc3)[C@@H](OCc3ccccc3)[C@@H](O)O[C@@H]2COCc2ccccc2)cc1. The number of hydrogen-bond acceptors (Lipinski definition) is 7. The van der Waals surface area contributed by atoms with Crippen molar-refractivity contribution < 1.29 is 33.5 Å². The summed E-state index contributed by atoms with van der Waals surface area (Å²) in [5, 5.41) is 11.2. The summed E-state index contributed by atoms with van der Waals surface area (Å²) in [4.78, 5) is 0. The van der Waals surface area contributed by atoms with Crippen molar-refractivity contribution in [1.29, 1.82) is 0 Å². The Morgan fingerprint density at radius 1 is 0.548 bits per heavy atom. The molecule has 1 heterocycles. The van der Waals surface area contributed by atoms with Crippen LogP contribution >= 0.6 is 0 Å². The monoisotopic (exact) mass is 570 g/mol. The van der Waals surface area contributed by atoms with E-state index in [1.807, 2.05) is 115 Å². The average Bonchev–Trinajstić information content (AvgIpc) is 3.04.